The van der Waals surface area contributed by atoms with Crippen molar-refractivity contribution in [2.24, 2.45) is 5.92 Å². The quantitative estimate of drug-likeness (QED) is 0.522. The van der Waals surface area contributed by atoms with Crippen LogP contribution < -0.4 is 0 Å². The van der Waals surface area contributed by atoms with Gasteiger partial charge in [-0.2, -0.15) is 0 Å². The molecule has 1 rings (SSSR count). The van der Waals surface area contributed by atoms with Gasteiger partial charge in [0.2, 0.25) is 0 Å². The predicted molar refractivity (Wildman–Crippen MR) is 59.4 cm³/mol. The number of carbonyl (C=O) groups is 1. The largest absolute Gasteiger partial charge is 0.289 e. The maximum atomic E-state index is 11.5. The molecule has 0 bridgehead atoms. The summed E-state index contributed by atoms with van der Waals surface area (Å²) in [5, 5.41) is 0. The molecule has 14 heavy (non-hydrogen) atoms. The van der Waals surface area contributed by atoms with Gasteiger partial charge in [0.15, 0.2) is 5.78 Å². The zero-order valence-corrected chi connectivity index (χ0v) is 8.73. The van der Waals surface area contributed by atoms with Crippen molar-refractivity contribution in [3.63, 3.8) is 0 Å². The SMILES string of the molecule is CC(C)C/C=C/C(=O)c1ccccc1. The molecule has 0 saturated carbocycles. The second-order valence-corrected chi connectivity index (χ2v) is 3.76. The molecule has 0 atom stereocenters. The highest BCUT2D eigenvalue weighted by atomic mass is 16.1. The van der Waals surface area contributed by atoms with Crippen LogP contribution in [0.3, 0.4) is 0 Å². The lowest BCUT2D eigenvalue weighted by molar-refractivity contribution is 0.104. The number of ketones is 1. The summed E-state index contributed by atoms with van der Waals surface area (Å²) in [6.07, 6.45) is 4.56. The normalized spacial score (nSPS) is 11.1. The van der Waals surface area contributed by atoms with E-state index in [0.717, 1.165) is 12.0 Å². The van der Waals surface area contributed by atoms with Gasteiger partial charge < -0.3 is 0 Å². The molecule has 0 saturated heterocycles. The van der Waals surface area contributed by atoms with Gasteiger partial charge in [-0.05, 0) is 18.4 Å². The minimum Gasteiger partial charge on any atom is -0.289 e. The molecule has 0 aromatic heterocycles. The Hall–Kier alpha value is -1.37. The minimum absolute atomic E-state index is 0.0891. The van der Waals surface area contributed by atoms with Gasteiger partial charge in [-0.25, -0.2) is 0 Å². The Balaban J connectivity index is 2.55. The van der Waals surface area contributed by atoms with Crippen LogP contribution in [-0.4, -0.2) is 5.78 Å². The number of rotatable bonds is 4. The highest BCUT2D eigenvalue weighted by molar-refractivity contribution is 6.04. The lowest BCUT2D eigenvalue weighted by Gasteiger charge is -1.97. The van der Waals surface area contributed by atoms with Crippen LogP contribution in [0.5, 0.6) is 0 Å². The molecule has 0 N–H and O–H groups in total. The Morgan fingerprint density at radius 3 is 2.50 bits per heavy atom. The molecular formula is C13H16O. The Kier molecular flexibility index (Phi) is 4.11. The molecule has 0 amide bonds. The molecule has 1 aromatic carbocycles. The first-order valence-corrected chi connectivity index (χ1v) is 4.96. The third-order valence-corrected chi connectivity index (χ3v) is 1.94. The van der Waals surface area contributed by atoms with Crippen LogP contribution >= 0.6 is 0 Å². The van der Waals surface area contributed by atoms with Crippen LogP contribution in [0.15, 0.2) is 42.5 Å². The van der Waals surface area contributed by atoms with Crippen LogP contribution in [0, 0.1) is 5.92 Å². The average Bonchev–Trinajstić information content (AvgIpc) is 2.18. The Morgan fingerprint density at radius 2 is 1.93 bits per heavy atom. The summed E-state index contributed by atoms with van der Waals surface area (Å²) in [7, 11) is 0. The van der Waals surface area contributed by atoms with Crippen molar-refractivity contribution in [2.45, 2.75) is 20.3 Å². The Bertz CT molecular complexity index is 309. The number of hydrogen-bond donors (Lipinski definition) is 0. The van der Waals surface area contributed by atoms with E-state index in [1.165, 1.54) is 0 Å². The van der Waals surface area contributed by atoms with Crippen molar-refractivity contribution in [1.82, 2.24) is 0 Å². The molecule has 0 fully saturated rings. The van der Waals surface area contributed by atoms with E-state index < -0.39 is 0 Å². The molecule has 0 aliphatic rings. The van der Waals surface area contributed by atoms with Gasteiger partial charge in [-0.1, -0.05) is 50.3 Å². The minimum atomic E-state index is 0.0891. The van der Waals surface area contributed by atoms with E-state index in [4.69, 9.17) is 0 Å². The van der Waals surface area contributed by atoms with Crippen molar-refractivity contribution < 1.29 is 4.79 Å². The third-order valence-electron chi connectivity index (χ3n) is 1.94. The molecule has 1 aromatic rings. The smallest absolute Gasteiger partial charge is 0.185 e. The van der Waals surface area contributed by atoms with Crippen LogP contribution in [0.1, 0.15) is 30.6 Å². The zero-order valence-electron chi connectivity index (χ0n) is 8.73. The van der Waals surface area contributed by atoms with Crippen LogP contribution in [-0.2, 0) is 0 Å². The van der Waals surface area contributed by atoms with Gasteiger partial charge in [-0.15, -0.1) is 0 Å². The van der Waals surface area contributed by atoms with E-state index in [2.05, 4.69) is 13.8 Å². The van der Waals surface area contributed by atoms with E-state index >= 15 is 0 Å². The maximum Gasteiger partial charge on any atom is 0.185 e. The van der Waals surface area contributed by atoms with Gasteiger partial charge in [0.05, 0.1) is 0 Å². The fourth-order valence-electron chi connectivity index (χ4n) is 1.15. The molecule has 0 heterocycles. The second kappa shape index (κ2) is 5.38. The highest BCUT2D eigenvalue weighted by Crippen LogP contribution is 2.04. The monoisotopic (exact) mass is 188 g/mol. The van der Waals surface area contributed by atoms with E-state index in [1.807, 2.05) is 36.4 Å². The molecule has 74 valence electrons. The number of carbonyl (C=O) groups excluding carboxylic acids is 1. The first-order chi connectivity index (χ1) is 6.70. The number of hydrogen-bond acceptors (Lipinski definition) is 1. The molecular weight excluding hydrogens is 172 g/mol. The van der Waals surface area contributed by atoms with Crippen LogP contribution in [0.4, 0.5) is 0 Å². The summed E-state index contributed by atoms with van der Waals surface area (Å²) in [6.45, 7) is 4.27. The molecule has 0 radical (unpaired) electrons. The van der Waals surface area contributed by atoms with Crippen molar-refractivity contribution in [3.05, 3.63) is 48.0 Å². The predicted octanol–water partition coefficient (Wildman–Crippen LogP) is 3.47. The Morgan fingerprint density at radius 1 is 1.29 bits per heavy atom. The number of benzene rings is 1. The molecule has 0 aliphatic heterocycles. The van der Waals surface area contributed by atoms with E-state index in [9.17, 15) is 4.79 Å². The molecule has 0 spiro atoms. The van der Waals surface area contributed by atoms with Crippen molar-refractivity contribution in [2.75, 3.05) is 0 Å². The first-order valence-electron chi connectivity index (χ1n) is 4.96. The van der Waals surface area contributed by atoms with Crippen LogP contribution in [0.2, 0.25) is 0 Å². The second-order valence-electron chi connectivity index (χ2n) is 3.76. The summed E-state index contributed by atoms with van der Waals surface area (Å²) in [5.41, 5.74) is 0.757. The van der Waals surface area contributed by atoms with Gasteiger partial charge in [0.1, 0.15) is 0 Å². The van der Waals surface area contributed by atoms with E-state index in [1.54, 1.807) is 6.08 Å². The third kappa shape index (κ3) is 3.56. The van der Waals surface area contributed by atoms with Gasteiger partial charge >= 0.3 is 0 Å². The van der Waals surface area contributed by atoms with Crippen molar-refractivity contribution in [3.8, 4) is 0 Å². The van der Waals surface area contributed by atoms with E-state index in [-0.39, 0.29) is 5.78 Å². The van der Waals surface area contributed by atoms with E-state index in [0.29, 0.717) is 5.92 Å². The molecule has 1 heteroatoms. The van der Waals surface area contributed by atoms with Crippen molar-refractivity contribution in [1.29, 1.82) is 0 Å². The maximum absolute atomic E-state index is 11.5. The zero-order chi connectivity index (χ0) is 10.4. The summed E-state index contributed by atoms with van der Waals surface area (Å²) >= 11 is 0. The number of allylic oxidation sites excluding steroid dienone is 2. The lowest BCUT2D eigenvalue weighted by atomic mass is 10.1. The van der Waals surface area contributed by atoms with Crippen LogP contribution in [0.25, 0.3) is 0 Å². The Labute approximate surface area is 85.5 Å². The fraction of sp³-hybridized carbons (Fsp3) is 0.308. The fourth-order valence-corrected chi connectivity index (χ4v) is 1.15. The first kappa shape index (κ1) is 10.7. The summed E-state index contributed by atoms with van der Waals surface area (Å²) < 4.78 is 0. The summed E-state index contributed by atoms with van der Waals surface area (Å²) in [5.74, 6) is 0.695. The molecule has 1 nitrogen and oxygen atoms in total. The standard InChI is InChI=1S/C13H16O/c1-11(2)7-6-10-13(14)12-8-4-3-5-9-12/h3-6,8-11H,7H2,1-2H3/b10-6+. The van der Waals surface area contributed by atoms with Gasteiger partial charge in [0, 0.05) is 5.56 Å². The topological polar surface area (TPSA) is 17.1 Å². The van der Waals surface area contributed by atoms with Crippen molar-refractivity contribution >= 4 is 5.78 Å². The van der Waals surface area contributed by atoms with Gasteiger partial charge in [-0.3, -0.25) is 4.79 Å². The molecule has 0 aliphatic carbocycles. The molecule has 0 unspecified atom stereocenters. The summed E-state index contributed by atoms with van der Waals surface area (Å²) in [4.78, 5) is 11.5. The highest BCUT2D eigenvalue weighted by Gasteiger charge is 1.98. The lowest BCUT2D eigenvalue weighted by Crippen LogP contribution is -1.93. The average molecular weight is 188 g/mol. The summed E-state index contributed by atoms with van der Waals surface area (Å²) in [6, 6.07) is 9.34. The van der Waals surface area contributed by atoms with Gasteiger partial charge in [0.25, 0.3) is 0 Å².